The minimum Gasteiger partial charge on any atom is -0.368 e. The minimum absolute atomic E-state index is 0.0514. The van der Waals surface area contributed by atoms with Gasteiger partial charge in [-0.25, -0.2) is 0 Å². The van der Waals surface area contributed by atoms with E-state index in [1.165, 1.54) is 6.92 Å². The van der Waals surface area contributed by atoms with Crippen molar-refractivity contribution in [3.8, 4) is 0 Å². The van der Waals surface area contributed by atoms with Gasteiger partial charge in [-0.3, -0.25) is 19.2 Å². The molecule has 0 saturated carbocycles. The van der Waals surface area contributed by atoms with E-state index in [9.17, 15) is 19.2 Å². The highest BCUT2D eigenvalue weighted by molar-refractivity contribution is 5.98. The second kappa shape index (κ2) is 13.0. The molecule has 0 aromatic heterocycles. The SMILES string of the molecule is CC(C)C[C@H](NC(=O)[C@H](C)NC(=O)[C@H](Cc1ccccc1)NC(=O)c1ccc(C(C)(C)C)cc1)C(N)=O. The van der Waals surface area contributed by atoms with Gasteiger partial charge >= 0.3 is 0 Å². The summed E-state index contributed by atoms with van der Waals surface area (Å²) in [6.07, 6.45) is 0.631. The van der Waals surface area contributed by atoms with Crippen molar-refractivity contribution in [3.63, 3.8) is 0 Å². The first-order valence-corrected chi connectivity index (χ1v) is 12.6. The Kier molecular flexibility index (Phi) is 10.4. The molecule has 5 N–H and O–H groups in total. The fourth-order valence-electron chi connectivity index (χ4n) is 3.82. The Morgan fingerprint density at radius 3 is 1.89 bits per heavy atom. The van der Waals surface area contributed by atoms with Crippen LogP contribution in [0, 0.1) is 5.92 Å². The molecule has 37 heavy (non-hydrogen) atoms. The monoisotopic (exact) mass is 508 g/mol. The summed E-state index contributed by atoms with van der Waals surface area (Å²) < 4.78 is 0. The summed E-state index contributed by atoms with van der Waals surface area (Å²) in [6.45, 7) is 11.6. The topological polar surface area (TPSA) is 130 Å². The molecule has 0 unspecified atom stereocenters. The van der Waals surface area contributed by atoms with Crippen LogP contribution in [0.3, 0.4) is 0 Å². The fourth-order valence-corrected chi connectivity index (χ4v) is 3.82. The largest absolute Gasteiger partial charge is 0.368 e. The molecule has 200 valence electrons. The number of hydrogen-bond donors (Lipinski definition) is 4. The van der Waals surface area contributed by atoms with E-state index < -0.39 is 35.8 Å². The van der Waals surface area contributed by atoms with Gasteiger partial charge in [0.1, 0.15) is 18.1 Å². The average molecular weight is 509 g/mol. The van der Waals surface area contributed by atoms with Gasteiger partial charge in [0.05, 0.1) is 0 Å². The summed E-state index contributed by atoms with van der Waals surface area (Å²) in [6, 6.07) is 13.9. The molecule has 8 nitrogen and oxygen atoms in total. The Balaban J connectivity index is 2.15. The first kappa shape index (κ1) is 29.5. The summed E-state index contributed by atoms with van der Waals surface area (Å²) >= 11 is 0. The zero-order valence-corrected chi connectivity index (χ0v) is 22.6. The predicted octanol–water partition coefficient (Wildman–Crippen LogP) is 2.85. The predicted molar refractivity (Wildman–Crippen MR) is 145 cm³/mol. The molecule has 0 aliphatic carbocycles. The maximum atomic E-state index is 13.2. The molecule has 0 bridgehead atoms. The van der Waals surface area contributed by atoms with E-state index in [2.05, 4.69) is 36.7 Å². The molecule has 0 saturated heterocycles. The summed E-state index contributed by atoms with van der Waals surface area (Å²) in [4.78, 5) is 50.7. The average Bonchev–Trinajstić information content (AvgIpc) is 2.82. The lowest BCUT2D eigenvalue weighted by Gasteiger charge is -2.23. The molecule has 0 aliphatic heterocycles. The van der Waals surface area contributed by atoms with E-state index >= 15 is 0 Å². The summed E-state index contributed by atoms with van der Waals surface area (Å²) in [5, 5.41) is 8.09. The van der Waals surface area contributed by atoms with E-state index in [0.717, 1.165) is 11.1 Å². The van der Waals surface area contributed by atoms with Crippen molar-refractivity contribution in [2.75, 3.05) is 0 Å². The second-order valence-corrected chi connectivity index (χ2v) is 10.9. The van der Waals surface area contributed by atoms with Gasteiger partial charge in [-0.15, -0.1) is 0 Å². The Morgan fingerprint density at radius 2 is 1.38 bits per heavy atom. The Bertz CT molecular complexity index is 1080. The summed E-state index contributed by atoms with van der Waals surface area (Å²) in [5.74, 6) is -1.91. The van der Waals surface area contributed by atoms with Crippen LogP contribution in [-0.4, -0.2) is 41.8 Å². The van der Waals surface area contributed by atoms with Crippen molar-refractivity contribution < 1.29 is 19.2 Å². The van der Waals surface area contributed by atoms with Crippen molar-refractivity contribution in [1.29, 1.82) is 0 Å². The molecule has 0 spiro atoms. The summed E-state index contributed by atoms with van der Waals surface area (Å²) in [5.41, 5.74) is 7.75. The van der Waals surface area contributed by atoms with E-state index in [-0.39, 0.29) is 23.7 Å². The third kappa shape index (κ3) is 9.37. The third-order valence-corrected chi connectivity index (χ3v) is 6.04. The van der Waals surface area contributed by atoms with E-state index in [0.29, 0.717) is 12.0 Å². The molecule has 2 aromatic carbocycles. The maximum Gasteiger partial charge on any atom is 0.251 e. The van der Waals surface area contributed by atoms with Gasteiger partial charge in [0.15, 0.2) is 0 Å². The Labute approximate surface area is 219 Å². The molecule has 4 amide bonds. The Hall–Kier alpha value is -3.68. The van der Waals surface area contributed by atoms with Crippen LogP contribution in [0.2, 0.25) is 0 Å². The number of nitrogens with two attached hydrogens (primary N) is 1. The number of benzene rings is 2. The van der Waals surface area contributed by atoms with Gasteiger partial charge in [0.2, 0.25) is 17.7 Å². The summed E-state index contributed by atoms with van der Waals surface area (Å²) in [7, 11) is 0. The standard InChI is InChI=1S/C29H40N4O4/c1-18(2)16-23(25(30)34)32-26(35)19(3)31-28(37)24(17-20-10-8-7-9-11-20)33-27(36)21-12-14-22(15-13-21)29(4,5)6/h7-15,18-19,23-24H,16-17H2,1-6H3,(H2,30,34)(H,31,37)(H,32,35)(H,33,36)/t19-,23-,24-/m0/s1. The first-order chi connectivity index (χ1) is 17.3. The van der Waals surface area contributed by atoms with Gasteiger partial charge in [-0.05, 0) is 47.9 Å². The highest BCUT2D eigenvalue weighted by Gasteiger charge is 2.27. The molecular weight excluding hydrogens is 468 g/mol. The number of carbonyl (C=O) groups is 4. The molecule has 0 aliphatic rings. The lowest BCUT2D eigenvalue weighted by atomic mass is 9.86. The third-order valence-electron chi connectivity index (χ3n) is 6.04. The van der Waals surface area contributed by atoms with Crippen LogP contribution in [-0.2, 0) is 26.2 Å². The quantitative estimate of drug-likeness (QED) is 0.372. The van der Waals surface area contributed by atoms with Crippen LogP contribution in [0.25, 0.3) is 0 Å². The number of carbonyl (C=O) groups excluding carboxylic acids is 4. The van der Waals surface area contributed by atoms with Gasteiger partial charge in [0, 0.05) is 12.0 Å². The number of primary amides is 1. The molecule has 0 radical (unpaired) electrons. The van der Waals surface area contributed by atoms with Crippen molar-refractivity contribution in [1.82, 2.24) is 16.0 Å². The van der Waals surface area contributed by atoms with Crippen LogP contribution in [0.4, 0.5) is 0 Å². The van der Waals surface area contributed by atoms with Gasteiger partial charge in [-0.2, -0.15) is 0 Å². The number of amides is 4. The van der Waals surface area contributed by atoms with Crippen molar-refractivity contribution in [2.45, 2.75) is 77.9 Å². The smallest absolute Gasteiger partial charge is 0.251 e. The zero-order valence-electron chi connectivity index (χ0n) is 22.6. The highest BCUT2D eigenvalue weighted by atomic mass is 16.2. The van der Waals surface area contributed by atoms with Crippen LogP contribution in [0.1, 0.15) is 69.4 Å². The molecule has 0 heterocycles. The van der Waals surface area contributed by atoms with Gasteiger partial charge in [0.25, 0.3) is 5.91 Å². The molecule has 2 rings (SSSR count). The lowest BCUT2D eigenvalue weighted by Crippen LogP contribution is -2.56. The van der Waals surface area contributed by atoms with Crippen LogP contribution in [0.15, 0.2) is 54.6 Å². The van der Waals surface area contributed by atoms with Gasteiger partial charge < -0.3 is 21.7 Å². The Morgan fingerprint density at radius 1 is 0.784 bits per heavy atom. The lowest BCUT2D eigenvalue weighted by molar-refractivity contribution is -0.131. The molecule has 2 aromatic rings. The zero-order chi connectivity index (χ0) is 27.8. The number of rotatable bonds is 11. The van der Waals surface area contributed by atoms with Crippen LogP contribution < -0.4 is 21.7 Å². The van der Waals surface area contributed by atoms with E-state index in [4.69, 9.17) is 5.73 Å². The first-order valence-electron chi connectivity index (χ1n) is 12.6. The minimum atomic E-state index is -0.942. The maximum absolute atomic E-state index is 13.2. The molecular formula is C29H40N4O4. The molecule has 8 heteroatoms. The van der Waals surface area contributed by atoms with Gasteiger partial charge in [-0.1, -0.05) is 77.1 Å². The van der Waals surface area contributed by atoms with Crippen molar-refractivity contribution in [3.05, 3.63) is 71.3 Å². The fraction of sp³-hybridized carbons (Fsp3) is 0.448. The normalized spacial score (nSPS) is 13.8. The highest BCUT2D eigenvalue weighted by Crippen LogP contribution is 2.22. The molecule has 0 fully saturated rings. The van der Waals surface area contributed by atoms with Crippen molar-refractivity contribution in [2.24, 2.45) is 11.7 Å². The van der Waals surface area contributed by atoms with Crippen LogP contribution >= 0.6 is 0 Å². The number of hydrogen-bond acceptors (Lipinski definition) is 4. The van der Waals surface area contributed by atoms with Crippen LogP contribution in [0.5, 0.6) is 0 Å². The van der Waals surface area contributed by atoms with E-state index in [1.807, 2.05) is 56.3 Å². The van der Waals surface area contributed by atoms with Crippen molar-refractivity contribution >= 4 is 23.6 Å². The molecule has 3 atom stereocenters. The second-order valence-electron chi connectivity index (χ2n) is 10.9. The van der Waals surface area contributed by atoms with E-state index in [1.54, 1.807) is 12.1 Å². The number of nitrogens with one attached hydrogen (secondary N) is 3.